The third kappa shape index (κ3) is 5.35. The molecular formula is C25H29ClN4O. The van der Waals surface area contributed by atoms with Crippen molar-refractivity contribution in [2.45, 2.75) is 38.6 Å². The van der Waals surface area contributed by atoms with E-state index < -0.39 is 0 Å². The van der Waals surface area contributed by atoms with E-state index in [9.17, 15) is 4.79 Å². The minimum atomic E-state index is -0.115. The van der Waals surface area contributed by atoms with Crippen LogP contribution < -0.4 is 5.32 Å². The van der Waals surface area contributed by atoms with Crippen molar-refractivity contribution < 1.29 is 4.79 Å². The van der Waals surface area contributed by atoms with Crippen LogP contribution >= 0.6 is 11.6 Å². The largest absolute Gasteiger partial charge is 0.351 e. The minimum Gasteiger partial charge on any atom is -0.351 e. The number of hydrogen-bond acceptors (Lipinski definition) is 3. The number of carbonyl (C=O) groups is 1. The highest BCUT2D eigenvalue weighted by molar-refractivity contribution is 6.30. The molecule has 1 aliphatic rings. The fraction of sp³-hybridized carbons (Fsp3) is 0.360. The highest BCUT2D eigenvalue weighted by atomic mass is 35.5. The summed E-state index contributed by atoms with van der Waals surface area (Å²) >= 11 is 6.05. The molecule has 31 heavy (non-hydrogen) atoms. The molecule has 2 aromatic carbocycles. The van der Waals surface area contributed by atoms with E-state index in [0.29, 0.717) is 23.3 Å². The molecule has 5 nitrogen and oxygen atoms in total. The summed E-state index contributed by atoms with van der Waals surface area (Å²) in [6.07, 6.45) is 4.82. The smallest absolute Gasteiger partial charge is 0.270 e. The number of amides is 1. The van der Waals surface area contributed by atoms with Crippen molar-refractivity contribution in [3.63, 3.8) is 0 Å². The Balaban J connectivity index is 1.48. The Morgan fingerprint density at radius 2 is 1.90 bits per heavy atom. The maximum Gasteiger partial charge on any atom is 0.270 e. The molecule has 0 aliphatic carbocycles. The summed E-state index contributed by atoms with van der Waals surface area (Å²) in [5.74, 6) is -0.115. The molecule has 1 saturated heterocycles. The molecule has 1 aromatic heterocycles. The molecule has 1 N–H and O–H groups in total. The van der Waals surface area contributed by atoms with Gasteiger partial charge in [0.1, 0.15) is 5.69 Å². The van der Waals surface area contributed by atoms with Gasteiger partial charge in [-0.2, -0.15) is 5.10 Å². The number of rotatable bonds is 7. The number of carbonyl (C=O) groups excluding carboxylic acids is 1. The molecule has 162 valence electrons. The van der Waals surface area contributed by atoms with Crippen molar-refractivity contribution in [3.05, 3.63) is 71.4 Å². The van der Waals surface area contributed by atoms with Gasteiger partial charge >= 0.3 is 0 Å². The van der Waals surface area contributed by atoms with E-state index in [4.69, 9.17) is 16.7 Å². The summed E-state index contributed by atoms with van der Waals surface area (Å²) in [5.41, 5.74) is 3.07. The summed E-state index contributed by atoms with van der Waals surface area (Å²) in [6.45, 7) is 5.13. The highest BCUT2D eigenvalue weighted by Gasteiger charge is 2.19. The SMILES string of the molecule is CC1CCCCN1CCCNC(=O)c1cc(-c2ccccc2)nn1-c1ccc(Cl)cc1. The Labute approximate surface area is 189 Å². The van der Waals surface area contributed by atoms with E-state index in [1.165, 1.54) is 25.8 Å². The first-order chi connectivity index (χ1) is 15.1. The Morgan fingerprint density at radius 1 is 1.13 bits per heavy atom. The number of benzene rings is 2. The summed E-state index contributed by atoms with van der Waals surface area (Å²) < 4.78 is 1.70. The van der Waals surface area contributed by atoms with E-state index in [0.717, 1.165) is 29.9 Å². The maximum absolute atomic E-state index is 13.1. The predicted octanol–water partition coefficient (Wildman–Crippen LogP) is 5.19. The highest BCUT2D eigenvalue weighted by Crippen LogP contribution is 2.23. The zero-order chi connectivity index (χ0) is 21.6. The quantitative estimate of drug-likeness (QED) is 0.518. The summed E-state index contributed by atoms with van der Waals surface area (Å²) in [5, 5.41) is 8.45. The van der Waals surface area contributed by atoms with Gasteiger partial charge in [-0.05, 0) is 63.1 Å². The number of piperidine rings is 1. The number of nitrogens with one attached hydrogen (secondary N) is 1. The Kier molecular flexibility index (Phi) is 7.05. The Hall–Kier alpha value is -2.63. The van der Waals surface area contributed by atoms with Crippen molar-refractivity contribution in [2.24, 2.45) is 0 Å². The lowest BCUT2D eigenvalue weighted by atomic mass is 10.0. The number of hydrogen-bond donors (Lipinski definition) is 1. The van der Waals surface area contributed by atoms with Crippen LogP contribution in [0.2, 0.25) is 5.02 Å². The monoisotopic (exact) mass is 436 g/mol. The minimum absolute atomic E-state index is 0.115. The van der Waals surface area contributed by atoms with Crippen LogP contribution in [0.15, 0.2) is 60.7 Å². The van der Waals surface area contributed by atoms with E-state index in [1.54, 1.807) is 4.68 Å². The van der Waals surface area contributed by atoms with E-state index in [1.807, 2.05) is 60.7 Å². The molecule has 0 bridgehead atoms. The van der Waals surface area contributed by atoms with Gasteiger partial charge in [0.25, 0.3) is 5.91 Å². The molecular weight excluding hydrogens is 408 g/mol. The predicted molar refractivity (Wildman–Crippen MR) is 126 cm³/mol. The number of nitrogens with zero attached hydrogens (tertiary/aromatic N) is 3. The first-order valence-corrected chi connectivity index (χ1v) is 11.4. The maximum atomic E-state index is 13.1. The van der Waals surface area contributed by atoms with Crippen LogP contribution in [-0.4, -0.2) is 46.3 Å². The molecule has 0 spiro atoms. The average molecular weight is 437 g/mol. The number of aromatic nitrogens is 2. The van der Waals surface area contributed by atoms with Crippen LogP contribution in [0.5, 0.6) is 0 Å². The van der Waals surface area contributed by atoms with Gasteiger partial charge in [0.15, 0.2) is 0 Å². The Morgan fingerprint density at radius 3 is 2.65 bits per heavy atom. The van der Waals surface area contributed by atoms with Gasteiger partial charge in [-0.15, -0.1) is 0 Å². The van der Waals surface area contributed by atoms with Gasteiger partial charge < -0.3 is 10.2 Å². The first-order valence-electron chi connectivity index (χ1n) is 11.1. The lowest BCUT2D eigenvalue weighted by Crippen LogP contribution is -2.39. The topological polar surface area (TPSA) is 50.2 Å². The van der Waals surface area contributed by atoms with Crippen molar-refractivity contribution in [1.82, 2.24) is 20.0 Å². The van der Waals surface area contributed by atoms with Crippen molar-refractivity contribution in [3.8, 4) is 16.9 Å². The van der Waals surface area contributed by atoms with E-state index in [-0.39, 0.29) is 5.91 Å². The second kappa shape index (κ2) is 10.1. The summed E-state index contributed by atoms with van der Waals surface area (Å²) in [6, 6.07) is 19.8. The van der Waals surface area contributed by atoms with Crippen molar-refractivity contribution in [1.29, 1.82) is 0 Å². The molecule has 2 heterocycles. The van der Waals surface area contributed by atoms with E-state index in [2.05, 4.69) is 17.1 Å². The zero-order valence-corrected chi connectivity index (χ0v) is 18.7. The second-order valence-electron chi connectivity index (χ2n) is 8.16. The molecule has 0 radical (unpaired) electrons. The third-order valence-corrected chi connectivity index (χ3v) is 6.18. The van der Waals surface area contributed by atoms with Gasteiger partial charge in [0.05, 0.1) is 11.4 Å². The second-order valence-corrected chi connectivity index (χ2v) is 8.60. The van der Waals surface area contributed by atoms with E-state index >= 15 is 0 Å². The molecule has 1 atom stereocenters. The molecule has 4 rings (SSSR count). The normalized spacial score (nSPS) is 16.9. The molecule has 1 aliphatic heterocycles. The lowest BCUT2D eigenvalue weighted by Gasteiger charge is -2.33. The zero-order valence-electron chi connectivity index (χ0n) is 17.9. The van der Waals surface area contributed by atoms with Crippen LogP contribution in [0.3, 0.4) is 0 Å². The van der Waals surface area contributed by atoms with Crippen molar-refractivity contribution >= 4 is 17.5 Å². The number of halogens is 1. The molecule has 1 amide bonds. The summed E-state index contributed by atoms with van der Waals surface area (Å²) in [7, 11) is 0. The van der Waals surface area contributed by atoms with Crippen LogP contribution in [0, 0.1) is 0 Å². The molecule has 6 heteroatoms. The Bertz CT molecular complexity index is 1000. The standard InChI is InChI=1S/C25H29ClN4O/c1-19-8-5-6-16-29(19)17-7-15-27-25(31)24-18-23(20-9-3-2-4-10-20)28-30(24)22-13-11-21(26)12-14-22/h2-4,9-14,18-19H,5-8,15-17H2,1H3,(H,27,31). The van der Waals surface area contributed by atoms with Gasteiger partial charge in [-0.3, -0.25) is 4.79 Å². The van der Waals surface area contributed by atoms with Crippen LogP contribution in [0.1, 0.15) is 43.1 Å². The third-order valence-electron chi connectivity index (χ3n) is 5.93. The number of likely N-dealkylation sites (tertiary alicyclic amines) is 1. The van der Waals surface area contributed by atoms with Crippen LogP contribution in [0.4, 0.5) is 0 Å². The molecule has 3 aromatic rings. The van der Waals surface area contributed by atoms with Crippen molar-refractivity contribution in [2.75, 3.05) is 19.6 Å². The van der Waals surface area contributed by atoms with Gasteiger partial charge in [0.2, 0.25) is 0 Å². The van der Waals surface area contributed by atoms with Gasteiger partial charge in [0, 0.05) is 29.7 Å². The molecule has 0 saturated carbocycles. The van der Waals surface area contributed by atoms with Crippen LogP contribution in [0.25, 0.3) is 16.9 Å². The van der Waals surface area contributed by atoms with Gasteiger partial charge in [-0.25, -0.2) is 4.68 Å². The lowest BCUT2D eigenvalue weighted by molar-refractivity contribution is 0.0941. The molecule has 1 fully saturated rings. The molecule has 1 unspecified atom stereocenters. The van der Waals surface area contributed by atoms with Crippen LogP contribution in [-0.2, 0) is 0 Å². The first kappa shape index (κ1) is 21.6. The fourth-order valence-electron chi connectivity index (χ4n) is 4.14. The fourth-order valence-corrected chi connectivity index (χ4v) is 4.26. The average Bonchev–Trinajstić information content (AvgIpc) is 3.24. The van der Waals surface area contributed by atoms with Gasteiger partial charge in [-0.1, -0.05) is 48.4 Å². The summed E-state index contributed by atoms with van der Waals surface area (Å²) in [4.78, 5) is 15.6.